The molecule has 34 heavy (non-hydrogen) atoms. The normalized spacial score (nSPS) is 15.6. The van der Waals surface area contributed by atoms with Crippen molar-refractivity contribution in [1.82, 2.24) is 4.98 Å². The van der Waals surface area contributed by atoms with Gasteiger partial charge in [0, 0.05) is 29.9 Å². The second kappa shape index (κ2) is 8.17. The summed E-state index contributed by atoms with van der Waals surface area (Å²) in [6.07, 6.45) is -7.94. The van der Waals surface area contributed by atoms with Gasteiger partial charge in [0.15, 0.2) is 11.5 Å². The van der Waals surface area contributed by atoms with E-state index in [1.807, 2.05) is 30.3 Å². The number of aromatic nitrogens is 1. The molecular weight excluding hydrogens is 474 g/mol. The number of pyridine rings is 1. The van der Waals surface area contributed by atoms with Gasteiger partial charge in [-0.3, -0.25) is 9.78 Å². The molecule has 0 spiro atoms. The lowest BCUT2D eigenvalue weighted by molar-refractivity contribution is -0.391. The Kier molecular flexibility index (Phi) is 5.28. The number of anilines is 2. The lowest BCUT2D eigenvalue weighted by Gasteiger charge is -2.31. The van der Waals surface area contributed by atoms with Crippen LogP contribution in [0.3, 0.4) is 0 Å². The molecule has 6 nitrogen and oxygen atoms in total. The van der Waals surface area contributed by atoms with Crippen molar-refractivity contribution < 1.29 is 31.8 Å². The van der Waals surface area contributed by atoms with Crippen molar-refractivity contribution in [2.24, 2.45) is 0 Å². The standard InChI is InChI=1S/C23H15F4N3O3S/c24-22(25)23(26,27)33-19-11-14(5-6-18(19)32-22)30-21(31)20-17(8-10-34-20)29-12-13-7-9-28-16-4-2-1-3-15(13)16/h1-11,29H,12H2,(H,30,31). The van der Waals surface area contributed by atoms with Crippen LogP contribution in [0.5, 0.6) is 11.5 Å². The summed E-state index contributed by atoms with van der Waals surface area (Å²) in [6.45, 7) is 0.438. The number of carbonyl (C=O) groups is 1. The van der Waals surface area contributed by atoms with Crippen LogP contribution in [0.25, 0.3) is 10.9 Å². The van der Waals surface area contributed by atoms with E-state index in [1.165, 1.54) is 17.4 Å². The molecule has 4 aromatic rings. The number of thiophene rings is 1. The number of nitrogens with zero attached hydrogens (tertiary/aromatic N) is 1. The van der Waals surface area contributed by atoms with E-state index in [9.17, 15) is 22.4 Å². The predicted octanol–water partition coefficient (Wildman–Crippen LogP) is 6.12. The summed E-state index contributed by atoms with van der Waals surface area (Å²) in [6, 6.07) is 14.6. The molecule has 0 fully saturated rings. The molecule has 0 bridgehead atoms. The number of hydrogen-bond donors (Lipinski definition) is 2. The molecule has 1 amide bonds. The number of rotatable bonds is 5. The summed E-state index contributed by atoms with van der Waals surface area (Å²) in [4.78, 5) is 17.5. The summed E-state index contributed by atoms with van der Waals surface area (Å²) in [5.41, 5.74) is 2.50. The number of fused-ring (bicyclic) bond motifs is 2. The number of nitrogens with one attached hydrogen (secondary N) is 2. The molecule has 3 heterocycles. The third-order valence-electron chi connectivity index (χ3n) is 5.10. The summed E-state index contributed by atoms with van der Waals surface area (Å²) < 4.78 is 61.7. The number of para-hydroxylation sites is 1. The van der Waals surface area contributed by atoms with Gasteiger partial charge < -0.3 is 20.1 Å². The average molecular weight is 489 g/mol. The maximum absolute atomic E-state index is 13.5. The first-order chi connectivity index (χ1) is 16.2. The molecule has 2 N–H and O–H groups in total. The van der Waals surface area contributed by atoms with Gasteiger partial charge in [-0.15, -0.1) is 11.3 Å². The smallest absolute Gasteiger partial charge is 0.421 e. The van der Waals surface area contributed by atoms with Crippen molar-refractivity contribution in [3.8, 4) is 11.5 Å². The molecule has 1 aliphatic rings. The highest BCUT2D eigenvalue weighted by atomic mass is 32.1. The molecule has 0 radical (unpaired) electrons. The van der Waals surface area contributed by atoms with Crippen LogP contribution < -0.4 is 20.1 Å². The average Bonchev–Trinajstić information content (AvgIpc) is 3.27. The molecule has 1 aliphatic heterocycles. The lowest BCUT2D eigenvalue weighted by Crippen LogP contribution is -2.52. The third-order valence-corrected chi connectivity index (χ3v) is 6.01. The van der Waals surface area contributed by atoms with Crippen molar-refractivity contribution in [1.29, 1.82) is 0 Å². The van der Waals surface area contributed by atoms with Gasteiger partial charge in [0.05, 0.1) is 11.2 Å². The van der Waals surface area contributed by atoms with Crippen molar-refractivity contribution in [2.45, 2.75) is 18.8 Å². The Balaban J connectivity index is 1.31. The topological polar surface area (TPSA) is 72.5 Å². The molecule has 0 saturated carbocycles. The summed E-state index contributed by atoms with van der Waals surface area (Å²) >= 11 is 1.18. The van der Waals surface area contributed by atoms with Crippen LogP contribution >= 0.6 is 11.3 Å². The molecule has 2 aromatic carbocycles. The Morgan fingerprint density at radius 1 is 0.971 bits per heavy atom. The zero-order valence-corrected chi connectivity index (χ0v) is 18.0. The first-order valence-corrected chi connectivity index (χ1v) is 10.8. The van der Waals surface area contributed by atoms with E-state index in [1.54, 1.807) is 17.6 Å². The van der Waals surface area contributed by atoms with Gasteiger partial charge in [0.1, 0.15) is 4.88 Å². The number of halogens is 4. The van der Waals surface area contributed by atoms with Gasteiger partial charge in [0.25, 0.3) is 5.91 Å². The zero-order valence-electron chi connectivity index (χ0n) is 17.2. The van der Waals surface area contributed by atoms with Crippen LogP contribution in [0.1, 0.15) is 15.2 Å². The van der Waals surface area contributed by atoms with Gasteiger partial charge >= 0.3 is 12.2 Å². The summed E-state index contributed by atoms with van der Waals surface area (Å²) in [7, 11) is 0. The fourth-order valence-corrected chi connectivity index (χ4v) is 4.22. The van der Waals surface area contributed by atoms with E-state index in [4.69, 9.17) is 0 Å². The number of benzene rings is 2. The van der Waals surface area contributed by atoms with Gasteiger partial charge in [-0.25, -0.2) is 0 Å². The quantitative estimate of drug-likeness (QED) is 0.331. The number of hydrogen-bond acceptors (Lipinski definition) is 6. The molecule has 0 unspecified atom stereocenters. The minimum absolute atomic E-state index is 0.0767. The summed E-state index contributed by atoms with van der Waals surface area (Å²) in [5.74, 6) is -1.68. The van der Waals surface area contributed by atoms with Crippen LogP contribution in [-0.4, -0.2) is 23.1 Å². The zero-order chi connectivity index (χ0) is 23.9. The molecular formula is C23H15F4N3O3S. The maximum Gasteiger partial charge on any atom is 0.507 e. The number of amides is 1. The first-order valence-electron chi connectivity index (χ1n) is 9.96. The molecule has 0 aliphatic carbocycles. The van der Waals surface area contributed by atoms with Crippen LogP contribution in [-0.2, 0) is 6.54 Å². The summed E-state index contributed by atoms with van der Waals surface area (Å²) in [5, 5.41) is 8.51. The molecule has 174 valence electrons. The first kappa shape index (κ1) is 22.0. The Labute approximate surface area is 194 Å². The fourth-order valence-electron chi connectivity index (χ4n) is 3.46. The largest absolute Gasteiger partial charge is 0.507 e. The highest BCUT2D eigenvalue weighted by Crippen LogP contribution is 2.47. The van der Waals surface area contributed by atoms with Crippen molar-refractivity contribution in [2.75, 3.05) is 10.6 Å². The minimum atomic E-state index is -4.84. The number of ether oxygens (including phenoxy) is 2. The Hall–Kier alpha value is -3.86. The lowest BCUT2D eigenvalue weighted by atomic mass is 10.1. The molecule has 5 rings (SSSR count). The SMILES string of the molecule is O=C(Nc1ccc2c(c1)OC(F)(F)C(F)(F)O2)c1sccc1NCc1ccnc2ccccc12. The monoisotopic (exact) mass is 489 g/mol. The number of alkyl halides is 4. The van der Waals surface area contributed by atoms with Crippen LogP contribution in [0.2, 0.25) is 0 Å². The van der Waals surface area contributed by atoms with Crippen LogP contribution in [0.15, 0.2) is 66.2 Å². The van der Waals surface area contributed by atoms with Crippen molar-refractivity contribution in [3.05, 3.63) is 76.6 Å². The third kappa shape index (κ3) is 3.98. The van der Waals surface area contributed by atoms with Gasteiger partial charge in [-0.2, -0.15) is 17.6 Å². The molecule has 2 aromatic heterocycles. The van der Waals surface area contributed by atoms with E-state index in [-0.39, 0.29) is 5.69 Å². The Morgan fingerprint density at radius 3 is 2.56 bits per heavy atom. The molecule has 0 saturated heterocycles. The highest BCUT2D eigenvalue weighted by molar-refractivity contribution is 7.12. The highest BCUT2D eigenvalue weighted by Gasteiger charge is 2.65. The van der Waals surface area contributed by atoms with Crippen LogP contribution in [0.4, 0.5) is 28.9 Å². The van der Waals surface area contributed by atoms with E-state index < -0.39 is 29.6 Å². The van der Waals surface area contributed by atoms with E-state index in [0.29, 0.717) is 17.1 Å². The van der Waals surface area contributed by atoms with E-state index in [0.717, 1.165) is 28.6 Å². The van der Waals surface area contributed by atoms with Crippen molar-refractivity contribution >= 4 is 39.5 Å². The van der Waals surface area contributed by atoms with E-state index in [2.05, 4.69) is 25.1 Å². The van der Waals surface area contributed by atoms with Crippen LogP contribution in [0, 0.1) is 0 Å². The Bertz CT molecular complexity index is 1390. The number of carbonyl (C=O) groups excluding carboxylic acids is 1. The van der Waals surface area contributed by atoms with Gasteiger partial charge in [0.2, 0.25) is 0 Å². The van der Waals surface area contributed by atoms with Gasteiger partial charge in [-0.05, 0) is 41.3 Å². The maximum atomic E-state index is 13.5. The second-order valence-electron chi connectivity index (χ2n) is 7.36. The van der Waals surface area contributed by atoms with E-state index >= 15 is 0 Å². The predicted molar refractivity (Wildman–Crippen MR) is 119 cm³/mol. The second-order valence-corrected chi connectivity index (χ2v) is 8.27. The minimum Gasteiger partial charge on any atom is -0.421 e. The Morgan fingerprint density at radius 2 is 1.74 bits per heavy atom. The molecule has 0 atom stereocenters. The van der Waals surface area contributed by atoms with Crippen molar-refractivity contribution in [3.63, 3.8) is 0 Å². The molecule has 11 heteroatoms. The fraction of sp³-hybridized carbons (Fsp3) is 0.130. The van der Waals surface area contributed by atoms with Gasteiger partial charge in [-0.1, -0.05) is 18.2 Å².